The zero-order valence-electron chi connectivity index (χ0n) is 16.5. The Morgan fingerprint density at radius 3 is 2.34 bits per heavy atom. The normalized spacial score (nSPS) is 10.6. The van der Waals surface area contributed by atoms with Crippen LogP contribution in [0.5, 0.6) is 5.75 Å². The molecule has 150 valence electrons. The van der Waals surface area contributed by atoms with Gasteiger partial charge < -0.3 is 10.1 Å². The molecular weight excluding hydrogens is 372 g/mol. The number of ether oxygens (including phenoxy) is 1. The van der Waals surface area contributed by atoms with Gasteiger partial charge in [-0.2, -0.15) is 5.10 Å². The molecule has 0 fully saturated rings. The maximum absolute atomic E-state index is 12.1. The molecule has 1 amide bonds. The molecule has 0 saturated carbocycles. The highest BCUT2D eigenvalue weighted by Crippen LogP contribution is 2.19. The Kier molecular flexibility index (Phi) is 5.92. The molecule has 0 radical (unpaired) electrons. The third-order valence-corrected chi connectivity index (χ3v) is 4.69. The fourth-order valence-corrected chi connectivity index (χ4v) is 2.99. The van der Waals surface area contributed by atoms with Crippen molar-refractivity contribution >= 4 is 17.3 Å². The predicted molar refractivity (Wildman–Crippen MR) is 109 cm³/mol. The van der Waals surface area contributed by atoms with Crippen molar-refractivity contribution < 1.29 is 14.5 Å². The zero-order valence-corrected chi connectivity index (χ0v) is 16.5. The predicted octanol–water partition coefficient (Wildman–Crippen LogP) is 3.55. The molecule has 8 heteroatoms. The van der Waals surface area contributed by atoms with Crippen LogP contribution in [0.15, 0.2) is 48.5 Å². The van der Waals surface area contributed by atoms with Crippen molar-refractivity contribution in [2.45, 2.75) is 20.3 Å². The molecule has 1 N–H and O–H groups in total. The SMILES string of the molecule is Cc1nn(C)c(C)c1Cc1ccc(NC(=O)COc2ccc([N+](=O)[O-])cc2)cc1. The fourth-order valence-electron chi connectivity index (χ4n) is 2.99. The lowest BCUT2D eigenvalue weighted by atomic mass is 10.0. The number of benzene rings is 2. The van der Waals surface area contributed by atoms with Gasteiger partial charge in [0.15, 0.2) is 6.61 Å². The quantitative estimate of drug-likeness (QED) is 0.488. The number of rotatable bonds is 7. The van der Waals surface area contributed by atoms with Crippen LogP contribution in [0, 0.1) is 24.0 Å². The van der Waals surface area contributed by atoms with E-state index in [9.17, 15) is 14.9 Å². The topological polar surface area (TPSA) is 99.3 Å². The fraction of sp³-hybridized carbons (Fsp3) is 0.238. The van der Waals surface area contributed by atoms with Gasteiger partial charge in [-0.05, 0) is 43.7 Å². The summed E-state index contributed by atoms with van der Waals surface area (Å²) in [6.45, 7) is 3.87. The molecule has 1 aromatic heterocycles. The summed E-state index contributed by atoms with van der Waals surface area (Å²) < 4.78 is 7.24. The van der Waals surface area contributed by atoms with Crippen LogP contribution in [0.25, 0.3) is 0 Å². The maximum atomic E-state index is 12.1. The molecule has 3 aromatic rings. The number of hydrogen-bond acceptors (Lipinski definition) is 5. The average molecular weight is 394 g/mol. The lowest BCUT2D eigenvalue weighted by Gasteiger charge is -2.08. The third-order valence-electron chi connectivity index (χ3n) is 4.69. The second-order valence-electron chi connectivity index (χ2n) is 6.73. The summed E-state index contributed by atoms with van der Waals surface area (Å²) >= 11 is 0. The molecule has 8 nitrogen and oxygen atoms in total. The van der Waals surface area contributed by atoms with E-state index in [2.05, 4.69) is 17.3 Å². The van der Waals surface area contributed by atoms with Gasteiger partial charge in [-0.1, -0.05) is 12.1 Å². The number of aryl methyl sites for hydroxylation is 2. The molecule has 2 aromatic carbocycles. The molecule has 29 heavy (non-hydrogen) atoms. The van der Waals surface area contributed by atoms with Crippen molar-refractivity contribution in [3.05, 3.63) is 81.2 Å². The largest absolute Gasteiger partial charge is 0.484 e. The van der Waals surface area contributed by atoms with Gasteiger partial charge in [-0.15, -0.1) is 0 Å². The van der Waals surface area contributed by atoms with E-state index in [1.807, 2.05) is 42.9 Å². The molecule has 0 spiro atoms. The molecule has 0 atom stereocenters. The van der Waals surface area contributed by atoms with E-state index in [0.717, 1.165) is 23.4 Å². The van der Waals surface area contributed by atoms with Crippen molar-refractivity contribution in [2.24, 2.45) is 7.05 Å². The Hall–Kier alpha value is -3.68. The van der Waals surface area contributed by atoms with E-state index in [4.69, 9.17) is 4.74 Å². The molecule has 1 heterocycles. The van der Waals surface area contributed by atoms with Gasteiger partial charge in [0, 0.05) is 42.5 Å². The Morgan fingerprint density at radius 2 is 1.79 bits per heavy atom. The van der Waals surface area contributed by atoms with E-state index in [-0.39, 0.29) is 18.2 Å². The summed E-state index contributed by atoms with van der Waals surface area (Å²) in [6.07, 6.45) is 0.781. The van der Waals surface area contributed by atoms with Crippen LogP contribution in [-0.4, -0.2) is 27.2 Å². The summed E-state index contributed by atoms with van der Waals surface area (Å²) in [6, 6.07) is 13.2. The molecule has 0 aliphatic rings. The highest BCUT2D eigenvalue weighted by atomic mass is 16.6. The second-order valence-corrected chi connectivity index (χ2v) is 6.73. The number of amides is 1. The number of nitro benzene ring substituents is 1. The number of anilines is 1. The molecule has 3 rings (SSSR count). The second kappa shape index (κ2) is 8.55. The smallest absolute Gasteiger partial charge is 0.269 e. The highest BCUT2D eigenvalue weighted by molar-refractivity contribution is 5.91. The van der Waals surface area contributed by atoms with Crippen molar-refractivity contribution in [1.82, 2.24) is 9.78 Å². The van der Waals surface area contributed by atoms with Crippen molar-refractivity contribution in [3.63, 3.8) is 0 Å². The number of nitrogens with one attached hydrogen (secondary N) is 1. The maximum Gasteiger partial charge on any atom is 0.269 e. The number of nitrogens with zero attached hydrogens (tertiary/aromatic N) is 3. The van der Waals surface area contributed by atoms with Gasteiger partial charge in [-0.3, -0.25) is 19.6 Å². The minimum atomic E-state index is -0.489. The van der Waals surface area contributed by atoms with Gasteiger partial charge in [0.25, 0.3) is 11.6 Å². The first-order chi connectivity index (χ1) is 13.8. The average Bonchev–Trinajstić information content (AvgIpc) is 2.94. The number of hydrogen-bond donors (Lipinski definition) is 1. The van der Waals surface area contributed by atoms with Crippen LogP contribution in [0.2, 0.25) is 0 Å². The number of carbonyl (C=O) groups is 1. The Bertz CT molecular complexity index is 1020. The number of nitro groups is 1. The molecule has 0 unspecified atom stereocenters. The minimum absolute atomic E-state index is 0.0291. The first kappa shape index (κ1) is 20.1. The first-order valence-electron chi connectivity index (χ1n) is 9.08. The van der Waals surface area contributed by atoms with Crippen molar-refractivity contribution in [2.75, 3.05) is 11.9 Å². The lowest BCUT2D eigenvalue weighted by molar-refractivity contribution is -0.384. The molecule has 0 bridgehead atoms. The highest BCUT2D eigenvalue weighted by Gasteiger charge is 2.11. The molecule has 0 aliphatic heterocycles. The van der Waals surface area contributed by atoms with Gasteiger partial charge >= 0.3 is 0 Å². The monoisotopic (exact) mass is 394 g/mol. The van der Waals surface area contributed by atoms with Gasteiger partial charge in [0.2, 0.25) is 0 Å². The van der Waals surface area contributed by atoms with E-state index in [1.54, 1.807) is 0 Å². The van der Waals surface area contributed by atoms with Gasteiger partial charge in [-0.25, -0.2) is 0 Å². The van der Waals surface area contributed by atoms with E-state index in [1.165, 1.54) is 29.8 Å². The van der Waals surface area contributed by atoms with Gasteiger partial charge in [0.05, 0.1) is 10.6 Å². The summed E-state index contributed by atoms with van der Waals surface area (Å²) in [7, 11) is 1.93. The standard InChI is InChI=1S/C21H22N4O4/c1-14-20(15(2)24(3)23-14)12-16-4-6-17(7-5-16)22-21(26)13-29-19-10-8-18(9-11-19)25(27)28/h4-11H,12-13H2,1-3H3,(H,22,26). The van der Waals surface area contributed by atoms with Crippen molar-refractivity contribution in [1.29, 1.82) is 0 Å². The minimum Gasteiger partial charge on any atom is -0.484 e. The van der Waals surface area contributed by atoms with E-state index >= 15 is 0 Å². The van der Waals surface area contributed by atoms with Crippen LogP contribution >= 0.6 is 0 Å². The van der Waals surface area contributed by atoms with Crippen LogP contribution in [-0.2, 0) is 18.3 Å². The lowest BCUT2D eigenvalue weighted by Crippen LogP contribution is -2.20. The van der Waals surface area contributed by atoms with Gasteiger partial charge in [0.1, 0.15) is 5.75 Å². The number of carbonyl (C=O) groups excluding carboxylic acids is 1. The number of aromatic nitrogens is 2. The summed E-state index contributed by atoms with van der Waals surface area (Å²) in [4.78, 5) is 22.2. The molecule has 0 aliphatic carbocycles. The van der Waals surface area contributed by atoms with E-state index in [0.29, 0.717) is 11.4 Å². The molecule has 0 saturated heterocycles. The zero-order chi connectivity index (χ0) is 21.0. The van der Waals surface area contributed by atoms with Crippen LogP contribution in [0.4, 0.5) is 11.4 Å². The van der Waals surface area contributed by atoms with Crippen LogP contribution < -0.4 is 10.1 Å². The summed E-state index contributed by atoms with van der Waals surface area (Å²) in [5.41, 5.74) is 5.14. The summed E-state index contributed by atoms with van der Waals surface area (Å²) in [5, 5.41) is 17.8. The Morgan fingerprint density at radius 1 is 1.14 bits per heavy atom. The van der Waals surface area contributed by atoms with Crippen LogP contribution in [0.1, 0.15) is 22.5 Å². The van der Waals surface area contributed by atoms with E-state index < -0.39 is 4.92 Å². The summed E-state index contributed by atoms with van der Waals surface area (Å²) in [5.74, 6) is 0.0818. The first-order valence-corrected chi connectivity index (χ1v) is 9.08. The Balaban J connectivity index is 1.53. The Labute approximate surface area is 168 Å². The molecular formula is C21H22N4O4. The van der Waals surface area contributed by atoms with Crippen LogP contribution in [0.3, 0.4) is 0 Å². The van der Waals surface area contributed by atoms with Crippen molar-refractivity contribution in [3.8, 4) is 5.75 Å². The third kappa shape index (κ3) is 4.98. The number of non-ortho nitro benzene ring substituents is 1.